The zero-order valence-electron chi connectivity index (χ0n) is 13.3. The SMILES string of the molecule is Cc1cc(N2CCOCC2)ccc1NC(=O)NC(C)(C)C. The summed E-state index contributed by atoms with van der Waals surface area (Å²) >= 11 is 0. The van der Waals surface area contributed by atoms with Crippen LogP contribution in [-0.4, -0.2) is 37.9 Å². The molecule has 1 aromatic rings. The molecule has 0 aromatic heterocycles. The van der Waals surface area contributed by atoms with E-state index in [0.717, 1.165) is 37.6 Å². The summed E-state index contributed by atoms with van der Waals surface area (Å²) in [7, 11) is 0. The smallest absolute Gasteiger partial charge is 0.319 e. The molecule has 2 amide bonds. The largest absolute Gasteiger partial charge is 0.378 e. The van der Waals surface area contributed by atoms with E-state index < -0.39 is 0 Å². The maximum Gasteiger partial charge on any atom is 0.319 e. The number of ether oxygens (including phenoxy) is 1. The van der Waals surface area contributed by atoms with E-state index in [1.54, 1.807) is 0 Å². The van der Waals surface area contributed by atoms with Crippen LogP contribution in [0, 0.1) is 6.92 Å². The minimum Gasteiger partial charge on any atom is -0.378 e. The second kappa shape index (κ2) is 6.35. The summed E-state index contributed by atoms with van der Waals surface area (Å²) in [5, 5.41) is 5.80. The molecule has 1 aliphatic heterocycles. The molecule has 0 saturated carbocycles. The van der Waals surface area contributed by atoms with E-state index >= 15 is 0 Å². The van der Waals surface area contributed by atoms with Crippen molar-refractivity contribution in [2.24, 2.45) is 0 Å². The van der Waals surface area contributed by atoms with Crippen LogP contribution in [-0.2, 0) is 4.74 Å². The van der Waals surface area contributed by atoms with Crippen LogP contribution in [0.4, 0.5) is 16.2 Å². The Morgan fingerprint density at radius 1 is 1.24 bits per heavy atom. The van der Waals surface area contributed by atoms with Crippen molar-refractivity contribution >= 4 is 17.4 Å². The molecule has 0 unspecified atom stereocenters. The van der Waals surface area contributed by atoms with Crippen LogP contribution in [0.25, 0.3) is 0 Å². The fraction of sp³-hybridized carbons (Fsp3) is 0.562. The molecule has 0 radical (unpaired) electrons. The summed E-state index contributed by atoms with van der Waals surface area (Å²) in [6.45, 7) is 11.3. The molecule has 1 fully saturated rings. The molecule has 116 valence electrons. The minimum absolute atomic E-state index is 0.176. The predicted molar refractivity (Wildman–Crippen MR) is 86.1 cm³/mol. The first-order valence-corrected chi connectivity index (χ1v) is 7.38. The second-order valence-corrected chi connectivity index (χ2v) is 6.43. The molecule has 0 spiro atoms. The van der Waals surface area contributed by atoms with Gasteiger partial charge in [-0.2, -0.15) is 0 Å². The van der Waals surface area contributed by atoms with E-state index in [1.165, 1.54) is 5.69 Å². The fourth-order valence-electron chi connectivity index (χ4n) is 2.30. The summed E-state index contributed by atoms with van der Waals surface area (Å²) in [6, 6.07) is 5.94. The van der Waals surface area contributed by atoms with Gasteiger partial charge >= 0.3 is 6.03 Å². The van der Waals surface area contributed by atoms with E-state index in [4.69, 9.17) is 4.74 Å². The van der Waals surface area contributed by atoms with E-state index in [-0.39, 0.29) is 11.6 Å². The van der Waals surface area contributed by atoms with Gasteiger partial charge in [-0.15, -0.1) is 0 Å². The van der Waals surface area contributed by atoms with Crippen LogP contribution in [0.3, 0.4) is 0 Å². The monoisotopic (exact) mass is 291 g/mol. The van der Waals surface area contributed by atoms with Crippen molar-refractivity contribution in [3.05, 3.63) is 23.8 Å². The summed E-state index contributed by atoms with van der Waals surface area (Å²) in [4.78, 5) is 14.2. The quantitative estimate of drug-likeness (QED) is 0.881. The lowest BCUT2D eigenvalue weighted by molar-refractivity contribution is 0.122. The lowest BCUT2D eigenvalue weighted by atomic mass is 10.1. The maximum atomic E-state index is 11.9. The van der Waals surface area contributed by atoms with Gasteiger partial charge < -0.3 is 20.3 Å². The number of carbonyl (C=O) groups excluding carboxylic acids is 1. The van der Waals surface area contributed by atoms with Crippen molar-refractivity contribution in [2.75, 3.05) is 36.5 Å². The Kier molecular flexibility index (Phi) is 4.73. The number of hydrogen-bond acceptors (Lipinski definition) is 3. The molecule has 0 atom stereocenters. The Labute approximate surface area is 126 Å². The van der Waals surface area contributed by atoms with Crippen molar-refractivity contribution < 1.29 is 9.53 Å². The molecule has 2 rings (SSSR count). The number of carbonyl (C=O) groups is 1. The average Bonchev–Trinajstić information content (AvgIpc) is 2.40. The van der Waals surface area contributed by atoms with Gasteiger partial charge in [-0.05, 0) is 51.5 Å². The Hall–Kier alpha value is -1.75. The first kappa shape index (κ1) is 15.6. The van der Waals surface area contributed by atoms with E-state index in [9.17, 15) is 4.79 Å². The van der Waals surface area contributed by atoms with E-state index in [2.05, 4.69) is 21.6 Å². The van der Waals surface area contributed by atoms with Gasteiger partial charge in [0, 0.05) is 30.0 Å². The lowest BCUT2D eigenvalue weighted by Crippen LogP contribution is -2.43. The van der Waals surface area contributed by atoms with Gasteiger partial charge in [0.15, 0.2) is 0 Å². The first-order valence-electron chi connectivity index (χ1n) is 7.38. The highest BCUT2D eigenvalue weighted by Crippen LogP contribution is 2.23. The normalized spacial score (nSPS) is 15.7. The number of rotatable bonds is 2. The van der Waals surface area contributed by atoms with E-state index in [1.807, 2.05) is 39.8 Å². The van der Waals surface area contributed by atoms with Crippen molar-refractivity contribution in [3.63, 3.8) is 0 Å². The van der Waals surface area contributed by atoms with Gasteiger partial charge in [0.25, 0.3) is 0 Å². The van der Waals surface area contributed by atoms with Crippen molar-refractivity contribution in [3.8, 4) is 0 Å². The number of anilines is 2. The van der Waals surface area contributed by atoms with Gasteiger partial charge in [-0.25, -0.2) is 4.79 Å². The molecule has 0 aliphatic carbocycles. The minimum atomic E-state index is -0.244. The third-order valence-corrected chi connectivity index (χ3v) is 3.32. The topological polar surface area (TPSA) is 53.6 Å². The van der Waals surface area contributed by atoms with Gasteiger partial charge in [0.05, 0.1) is 13.2 Å². The molecule has 1 aromatic carbocycles. The molecular formula is C16H25N3O2. The van der Waals surface area contributed by atoms with Crippen LogP contribution in [0.5, 0.6) is 0 Å². The highest BCUT2D eigenvalue weighted by Gasteiger charge is 2.15. The summed E-state index contributed by atoms with van der Waals surface area (Å²) < 4.78 is 5.37. The standard InChI is InChI=1S/C16H25N3O2/c1-12-11-13(19-7-9-21-10-8-19)5-6-14(12)17-15(20)18-16(2,3)4/h5-6,11H,7-10H2,1-4H3,(H2,17,18,20). The molecule has 5 nitrogen and oxygen atoms in total. The number of amides is 2. The highest BCUT2D eigenvalue weighted by atomic mass is 16.5. The molecule has 21 heavy (non-hydrogen) atoms. The Balaban J connectivity index is 2.03. The van der Waals surface area contributed by atoms with Crippen LogP contribution in [0.2, 0.25) is 0 Å². The number of aryl methyl sites for hydroxylation is 1. The molecule has 2 N–H and O–H groups in total. The molecule has 1 heterocycles. The van der Waals surface area contributed by atoms with Crippen LogP contribution >= 0.6 is 0 Å². The van der Waals surface area contributed by atoms with Crippen molar-refractivity contribution in [2.45, 2.75) is 33.2 Å². The predicted octanol–water partition coefficient (Wildman–Crippen LogP) is 2.75. The van der Waals surface area contributed by atoms with Crippen LogP contribution in [0.1, 0.15) is 26.3 Å². The first-order chi connectivity index (χ1) is 9.85. The van der Waals surface area contributed by atoms with E-state index in [0.29, 0.717) is 0 Å². The summed E-state index contributed by atoms with van der Waals surface area (Å²) in [6.07, 6.45) is 0. The highest BCUT2D eigenvalue weighted by molar-refractivity contribution is 5.90. The van der Waals surface area contributed by atoms with Crippen molar-refractivity contribution in [1.82, 2.24) is 5.32 Å². The fourth-order valence-corrected chi connectivity index (χ4v) is 2.30. The Morgan fingerprint density at radius 2 is 1.90 bits per heavy atom. The van der Waals surface area contributed by atoms with Gasteiger partial charge in [-0.1, -0.05) is 0 Å². The van der Waals surface area contributed by atoms with Crippen LogP contribution < -0.4 is 15.5 Å². The molecule has 5 heteroatoms. The zero-order chi connectivity index (χ0) is 15.5. The Bertz CT molecular complexity index is 503. The van der Waals surface area contributed by atoms with Gasteiger partial charge in [-0.3, -0.25) is 0 Å². The number of nitrogens with one attached hydrogen (secondary N) is 2. The maximum absolute atomic E-state index is 11.9. The Morgan fingerprint density at radius 3 is 2.48 bits per heavy atom. The number of urea groups is 1. The average molecular weight is 291 g/mol. The number of hydrogen-bond donors (Lipinski definition) is 2. The molecule has 1 aliphatic rings. The van der Waals surface area contributed by atoms with Gasteiger partial charge in [0.1, 0.15) is 0 Å². The second-order valence-electron chi connectivity index (χ2n) is 6.43. The number of nitrogens with zero attached hydrogens (tertiary/aromatic N) is 1. The zero-order valence-corrected chi connectivity index (χ0v) is 13.3. The van der Waals surface area contributed by atoms with Crippen LogP contribution in [0.15, 0.2) is 18.2 Å². The summed E-state index contributed by atoms with van der Waals surface area (Å²) in [5.41, 5.74) is 2.83. The third kappa shape index (κ3) is 4.63. The van der Waals surface area contributed by atoms with Crippen molar-refractivity contribution in [1.29, 1.82) is 0 Å². The molecule has 0 bridgehead atoms. The van der Waals surface area contributed by atoms with Gasteiger partial charge in [0.2, 0.25) is 0 Å². The third-order valence-electron chi connectivity index (χ3n) is 3.32. The molecular weight excluding hydrogens is 266 g/mol. The summed E-state index contributed by atoms with van der Waals surface area (Å²) in [5.74, 6) is 0. The number of morpholine rings is 1. The lowest BCUT2D eigenvalue weighted by Gasteiger charge is -2.29. The number of benzene rings is 1. The molecule has 1 saturated heterocycles.